The van der Waals surface area contributed by atoms with Crippen molar-refractivity contribution in [1.82, 2.24) is 0 Å². The molecule has 544 valence electrons. The van der Waals surface area contributed by atoms with E-state index in [4.69, 9.17) is 22.1 Å². The van der Waals surface area contributed by atoms with Gasteiger partial charge in [0.1, 0.15) is 55.8 Å². The van der Waals surface area contributed by atoms with Crippen LogP contribution in [-0.2, 0) is 6.42 Å². The predicted octanol–water partition coefficient (Wildman–Crippen LogP) is 31.4. The van der Waals surface area contributed by atoms with Gasteiger partial charge in [0, 0.05) is 93.6 Å². The SMILES string of the molecule is [2H]c1c([2H])c(N(c2ccc(-c3cccc4c3oc3ccccc34)cc2)c2c([2H])c([2H])c(-c3cccc4oc5ccccc5c34)c([2H])c2[2H])c([2H])c([2H])c1-c1cccc2c1-c1ccccc1C2.[2H]c1c([2H])c(N(c2ccc(-c3cccc4oc5ccccc5c34)cc2)c2c([2H])c([2H])c(-c3cccc4oc5ccccc5c34)c([2H])c2[2H])c([2H])c([2H])c1-c1cccc2oc3ccccc3c12. The Balaban J connectivity index is 0.000000150. The molecule has 5 aromatic heterocycles. The Bertz CT molecular complexity index is 8580. The lowest BCUT2D eigenvalue weighted by Gasteiger charge is -2.26. The highest BCUT2D eigenvalue weighted by Gasteiger charge is 2.25. The molecule has 1 aliphatic carbocycles. The van der Waals surface area contributed by atoms with Crippen molar-refractivity contribution in [2.24, 2.45) is 0 Å². The molecule has 18 aromatic carbocycles. The first-order valence-electron chi connectivity index (χ1n) is 46.2. The van der Waals surface area contributed by atoms with Crippen molar-refractivity contribution >= 4 is 144 Å². The maximum Gasteiger partial charge on any atom is 0.143 e. The third-order valence-electron chi connectivity index (χ3n) is 22.1. The number of benzene rings is 18. The van der Waals surface area contributed by atoms with Crippen LogP contribution in [0.2, 0.25) is 0 Å². The minimum Gasteiger partial charge on any atom is -0.456 e. The van der Waals surface area contributed by atoms with Crippen LogP contribution in [0.3, 0.4) is 0 Å². The summed E-state index contributed by atoms with van der Waals surface area (Å²) in [4.78, 5) is 2.67. The van der Waals surface area contributed by atoms with Gasteiger partial charge in [0.25, 0.3) is 0 Å². The van der Waals surface area contributed by atoms with Crippen LogP contribution in [0.4, 0.5) is 34.1 Å². The molecule has 0 saturated heterocycles. The third kappa shape index (κ3) is 11.1. The highest BCUT2D eigenvalue weighted by atomic mass is 16.3. The van der Waals surface area contributed by atoms with Gasteiger partial charge in [-0.1, -0.05) is 273 Å². The quantitative estimate of drug-likeness (QED) is 0.121. The fourth-order valence-electron chi connectivity index (χ4n) is 16.9. The minimum absolute atomic E-state index is 0.0528. The zero-order valence-electron chi connectivity index (χ0n) is 77.5. The molecule has 0 unspecified atom stereocenters. The first kappa shape index (κ1) is 51.9. The zero-order chi connectivity index (χ0) is 90.2. The number of hydrogen-bond donors (Lipinski definition) is 0. The normalized spacial score (nSPS) is 13.9. The lowest BCUT2D eigenvalue weighted by Crippen LogP contribution is -2.09. The van der Waals surface area contributed by atoms with Gasteiger partial charge in [-0.25, -0.2) is 0 Å². The van der Waals surface area contributed by atoms with Gasteiger partial charge in [-0.05, 0) is 217 Å². The van der Waals surface area contributed by atoms with Gasteiger partial charge in [-0.2, -0.15) is 0 Å². The number of hydrogen-bond acceptors (Lipinski definition) is 7. The molecule has 1 aliphatic rings. The minimum atomic E-state index is -0.440. The zero-order valence-corrected chi connectivity index (χ0v) is 61.5. The molecule has 0 atom stereocenters. The number of fused-ring (bicyclic) bond motifs is 18. The van der Waals surface area contributed by atoms with Crippen molar-refractivity contribution < 1.29 is 44.0 Å². The van der Waals surface area contributed by atoms with E-state index in [0.717, 1.165) is 93.4 Å². The summed E-state index contributed by atoms with van der Waals surface area (Å²) in [5, 5.41) is 8.02. The van der Waals surface area contributed by atoms with Crippen molar-refractivity contribution in [3.8, 4) is 77.9 Å². The molecule has 5 heterocycles. The molecule has 0 spiro atoms. The van der Waals surface area contributed by atoms with Gasteiger partial charge in [0.05, 0.1) is 21.9 Å². The van der Waals surface area contributed by atoms with Gasteiger partial charge < -0.3 is 31.9 Å². The Kier molecular flexibility index (Phi) is 12.2. The molecule has 7 nitrogen and oxygen atoms in total. The maximum absolute atomic E-state index is 9.72. The number of para-hydroxylation sites is 6. The van der Waals surface area contributed by atoms with Crippen molar-refractivity contribution in [1.29, 1.82) is 0 Å². The number of furan rings is 5. The predicted molar refractivity (Wildman–Crippen MR) is 479 cm³/mol. The Labute approximate surface area is 689 Å². The van der Waals surface area contributed by atoms with Crippen LogP contribution in [0.15, 0.2) is 422 Å². The summed E-state index contributed by atoms with van der Waals surface area (Å²) in [6.07, 6.45) is 0.680. The van der Waals surface area contributed by atoms with E-state index in [9.17, 15) is 21.9 Å². The Hall–Kier alpha value is -15.4. The Morgan fingerprint density at radius 2 is 0.466 bits per heavy atom. The lowest BCUT2D eigenvalue weighted by atomic mass is 9.94. The molecule has 0 radical (unpaired) electrons. The fraction of sp³-hybridized carbons (Fsp3) is 0.00917. The molecule has 7 heteroatoms. The van der Waals surface area contributed by atoms with Crippen molar-refractivity contribution in [2.45, 2.75) is 6.42 Å². The average Bonchev–Trinajstić information content (AvgIpc) is 1.24. The summed E-state index contributed by atoms with van der Waals surface area (Å²) in [5.41, 5.74) is 15.5. The fourth-order valence-corrected chi connectivity index (χ4v) is 16.9. The summed E-state index contributed by atoms with van der Waals surface area (Å²) in [5.74, 6) is 0. The van der Waals surface area contributed by atoms with Crippen LogP contribution in [0.25, 0.3) is 188 Å². The molecule has 0 N–H and O–H groups in total. The molecule has 0 bridgehead atoms. The Morgan fingerprint density at radius 3 is 0.879 bits per heavy atom. The van der Waals surface area contributed by atoms with Gasteiger partial charge >= 0.3 is 0 Å². The molecular weight excluding hydrogens is 1420 g/mol. The van der Waals surface area contributed by atoms with Gasteiger partial charge in [0.2, 0.25) is 0 Å². The van der Waals surface area contributed by atoms with E-state index < -0.39 is 48.3 Å². The van der Waals surface area contributed by atoms with E-state index in [1.165, 1.54) is 9.80 Å². The van der Waals surface area contributed by atoms with Crippen LogP contribution >= 0.6 is 0 Å². The van der Waals surface area contributed by atoms with E-state index in [1.807, 2.05) is 218 Å². The lowest BCUT2D eigenvalue weighted by molar-refractivity contribution is 0.668. The summed E-state index contributed by atoms with van der Waals surface area (Å²) >= 11 is 0. The number of nitrogens with zero attached hydrogens (tertiary/aromatic N) is 2. The van der Waals surface area contributed by atoms with Crippen LogP contribution in [0.5, 0.6) is 0 Å². The average molecular weight is 1500 g/mol. The smallest absolute Gasteiger partial charge is 0.143 e. The second-order valence-corrected chi connectivity index (χ2v) is 28.7. The van der Waals surface area contributed by atoms with Gasteiger partial charge in [-0.3, -0.25) is 0 Å². The molecular formula is C109H68N2O5. The summed E-state index contributed by atoms with van der Waals surface area (Å²) in [6, 6.07) is 87.6. The topological polar surface area (TPSA) is 72.2 Å². The molecule has 116 heavy (non-hydrogen) atoms. The van der Waals surface area contributed by atoms with Crippen LogP contribution in [0, 0.1) is 0 Å². The van der Waals surface area contributed by atoms with Crippen LogP contribution < -0.4 is 9.80 Å². The Morgan fingerprint density at radius 1 is 0.190 bits per heavy atom. The monoisotopic (exact) mass is 1500 g/mol. The first-order valence-corrected chi connectivity index (χ1v) is 38.2. The third-order valence-corrected chi connectivity index (χ3v) is 22.1. The van der Waals surface area contributed by atoms with Gasteiger partial charge in [-0.15, -0.1) is 0 Å². The summed E-state index contributed by atoms with van der Waals surface area (Å²) < 4.78 is 185. The summed E-state index contributed by atoms with van der Waals surface area (Å²) in [7, 11) is 0. The molecule has 23 aromatic rings. The van der Waals surface area contributed by atoms with E-state index in [-0.39, 0.29) is 99.0 Å². The molecule has 0 saturated carbocycles. The molecule has 24 rings (SSSR count). The number of rotatable bonds is 12. The van der Waals surface area contributed by atoms with Crippen molar-refractivity contribution in [3.05, 3.63) is 411 Å². The van der Waals surface area contributed by atoms with Crippen LogP contribution in [0.1, 0.15) is 33.1 Å². The standard InChI is InChI=1S/C55H35NO2.C54H33NO3/c1-2-12-45-38(10-1)34-39-11-7-15-43(53(39)45)35-22-28-40(29-23-35)56(41-30-24-36(25-31-41)44-16-9-21-52-54(44)49-14-4-6-20-51(49)57-52)42-32-26-37(27-33-42)46-17-8-18-48-47-13-3-5-19-50(47)58-55(46)48;1-4-16-46-43(10-1)52-40(13-7-19-49(52)56-46)34-22-28-37(29-23-34)55(38-30-24-35(25-31-38)41-14-8-20-50-53(41)44-11-2-5-17-47(44)57-50)39-32-26-36(27-33-39)42-15-9-21-51-54(42)45-12-3-6-18-48(45)58-51/h1-33H,34H2;1-33H/i2*22D,23D,24D,25D,28D,29D,30D,31D. The van der Waals surface area contributed by atoms with Crippen LogP contribution in [-0.4, -0.2) is 0 Å². The first-order chi connectivity index (χ1) is 64.2. The molecule has 0 amide bonds. The highest BCUT2D eigenvalue weighted by molar-refractivity contribution is 6.17. The van der Waals surface area contributed by atoms with E-state index in [0.29, 0.717) is 95.2 Å². The van der Waals surface area contributed by atoms with Gasteiger partial charge in [0.15, 0.2) is 0 Å². The second kappa shape index (κ2) is 27.2. The summed E-state index contributed by atoms with van der Waals surface area (Å²) in [6.45, 7) is 0. The van der Waals surface area contributed by atoms with Crippen molar-refractivity contribution in [2.75, 3.05) is 9.80 Å². The second-order valence-electron chi connectivity index (χ2n) is 28.7. The van der Waals surface area contributed by atoms with Crippen molar-refractivity contribution in [3.63, 3.8) is 0 Å². The van der Waals surface area contributed by atoms with E-state index in [1.54, 1.807) is 78.9 Å². The number of anilines is 6. The molecule has 0 aliphatic heterocycles. The highest BCUT2D eigenvalue weighted by Crippen LogP contribution is 2.49. The van der Waals surface area contributed by atoms with E-state index in [2.05, 4.69) is 6.07 Å². The van der Waals surface area contributed by atoms with E-state index >= 15 is 0 Å². The molecule has 0 fully saturated rings. The maximum atomic E-state index is 9.72. The largest absolute Gasteiger partial charge is 0.456 e.